The zero-order valence-corrected chi connectivity index (χ0v) is 17.9. The molecule has 29 heavy (non-hydrogen) atoms. The largest absolute Gasteiger partial charge is 0.492 e. The van der Waals surface area contributed by atoms with Crippen molar-refractivity contribution in [1.82, 2.24) is 4.57 Å². The van der Waals surface area contributed by atoms with Crippen molar-refractivity contribution in [1.29, 1.82) is 0 Å². The topological polar surface area (TPSA) is 66.8 Å². The van der Waals surface area contributed by atoms with Crippen molar-refractivity contribution < 1.29 is 23.8 Å². The Hall–Kier alpha value is -2.31. The van der Waals surface area contributed by atoms with E-state index in [1.54, 1.807) is 25.3 Å². The third-order valence-corrected chi connectivity index (χ3v) is 5.48. The van der Waals surface area contributed by atoms with Crippen molar-refractivity contribution in [2.24, 2.45) is 5.92 Å². The summed E-state index contributed by atoms with van der Waals surface area (Å²) in [6.07, 6.45) is 0.478. The Morgan fingerprint density at radius 1 is 1.31 bits per heavy atom. The van der Waals surface area contributed by atoms with Gasteiger partial charge in [0.15, 0.2) is 6.61 Å². The number of aromatic nitrogens is 1. The number of fused-ring (bicyclic) bond motifs is 1. The number of carbonyl (C=O) groups is 2. The Balaban J connectivity index is 1.62. The van der Waals surface area contributed by atoms with E-state index in [0.717, 1.165) is 22.7 Å². The van der Waals surface area contributed by atoms with Crippen LogP contribution in [0.2, 0.25) is 5.02 Å². The first kappa shape index (κ1) is 21.4. The smallest absolute Gasteiger partial charge is 0.313 e. The minimum atomic E-state index is -0.456. The number of esters is 1. The number of aryl methyl sites for hydroxylation is 1. The Labute approximate surface area is 175 Å². The number of hydrogen-bond donors (Lipinski definition) is 0. The van der Waals surface area contributed by atoms with Gasteiger partial charge in [0, 0.05) is 29.1 Å². The highest BCUT2D eigenvalue weighted by molar-refractivity contribution is 6.30. The molecule has 1 aliphatic rings. The maximum Gasteiger partial charge on any atom is 0.313 e. The predicted octanol–water partition coefficient (Wildman–Crippen LogP) is 3.94. The number of benzene rings is 1. The van der Waals surface area contributed by atoms with Gasteiger partial charge in [0.1, 0.15) is 12.4 Å². The summed E-state index contributed by atoms with van der Waals surface area (Å²) in [7, 11) is 1.65. The van der Waals surface area contributed by atoms with Crippen molar-refractivity contribution in [3.05, 3.63) is 51.8 Å². The quantitative estimate of drug-likeness (QED) is 0.502. The Kier molecular flexibility index (Phi) is 6.65. The van der Waals surface area contributed by atoms with Crippen LogP contribution in [0.1, 0.15) is 40.3 Å². The van der Waals surface area contributed by atoms with Crippen LogP contribution in [0.3, 0.4) is 0 Å². The monoisotopic (exact) mass is 419 g/mol. The fourth-order valence-corrected chi connectivity index (χ4v) is 4.09. The maximum absolute atomic E-state index is 12.7. The molecule has 0 aliphatic carbocycles. The van der Waals surface area contributed by atoms with E-state index in [4.69, 9.17) is 25.8 Å². The van der Waals surface area contributed by atoms with E-state index in [2.05, 4.69) is 4.57 Å². The number of ketones is 1. The van der Waals surface area contributed by atoms with E-state index in [1.807, 2.05) is 26.8 Å². The maximum atomic E-state index is 12.7. The zero-order valence-electron chi connectivity index (χ0n) is 17.2. The summed E-state index contributed by atoms with van der Waals surface area (Å²) in [5.41, 5.74) is 3.25. The number of nitrogens with zero attached hydrogens (tertiary/aromatic N) is 1. The molecule has 0 fully saturated rings. The van der Waals surface area contributed by atoms with Gasteiger partial charge in [0.05, 0.1) is 18.6 Å². The third-order valence-electron chi connectivity index (χ3n) is 5.24. The number of carbonyl (C=O) groups excluding carboxylic acids is 2. The minimum absolute atomic E-state index is 0.107. The minimum Gasteiger partial charge on any atom is -0.492 e. The second-order valence-electron chi connectivity index (χ2n) is 7.45. The van der Waals surface area contributed by atoms with Crippen molar-refractivity contribution >= 4 is 23.4 Å². The lowest BCUT2D eigenvalue weighted by Crippen LogP contribution is -2.31. The molecule has 0 saturated carbocycles. The number of hydrogen-bond acceptors (Lipinski definition) is 5. The van der Waals surface area contributed by atoms with Crippen LogP contribution in [0.5, 0.6) is 5.75 Å². The summed E-state index contributed by atoms with van der Waals surface area (Å²) in [6, 6.07) is 7.28. The van der Waals surface area contributed by atoms with Crippen LogP contribution in [0.4, 0.5) is 0 Å². The highest BCUT2D eigenvalue weighted by Crippen LogP contribution is 2.30. The second kappa shape index (κ2) is 9.01. The molecule has 2 aromatic rings. The summed E-state index contributed by atoms with van der Waals surface area (Å²) >= 11 is 6.02. The lowest BCUT2D eigenvalue weighted by atomic mass is 9.97. The van der Waals surface area contributed by atoms with Gasteiger partial charge in [-0.1, -0.05) is 11.6 Å². The molecule has 2 heterocycles. The van der Waals surface area contributed by atoms with Gasteiger partial charge in [0.2, 0.25) is 5.78 Å². The first-order valence-corrected chi connectivity index (χ1v) is 9.98. The van der Waals surface area contributed by atoms with E-state index in [1.165, 1.54) is 0 Å². The summed E-state index contributed by atoms with van der Waals surface area (Å²) in [5.74, 6) is -0.386. The molecule has 0 saturated heterocycles. The first-order valence-electron chi connectivity index (χ1n) is 9.60. The van der Waals surface area contributed by atoms with E-state index in [-0.39, 0.29) is 25.0 Å². The highest BCUT2D eigenvalue weighted by Gasteiger charge is 2.28. The van der Waals surface area contributed by atoms with Crippen LogP contribution in [0.15, 0.2) is 24.3 Å². The van der Waals surface area contributed by atoms with Gasteiger partial charge >= 0.3 is 5.97 Å². The van der Waals surface area contributed by atoms with Crippen molar-refractivity contribution in [3.63, 3.8) is 0 Å². The van der Waals surface area contributed by atoms with Gasteiger partial charge in [-0.2, -0.15) is 0 Å². The van der Waals surface area contributed by atoms with Crippen LogP contribution in [0.25, 0.3) is 0 Å². The predicted molar refractivity (Wildman–Crippen MR) is 110 cm³/mol. The molecule has 6 nitrogen and oxygen atoms in total. The van der Waals surface area contributed by atoms with Gasteiger partial charge in [0.25, 0.3) is 0 Å². The molecule has 0 N–H and O–H groups in total. The number of halogens is 1. The summed E-state index contributed by atoms with van der Waals surface area (Å²) in [6.45, 7) is 6.36. The van der Waals surface area contributed by atoms with Gasteiger partial charge < -0.3 is 18.8 Å². The second-order valence-corrected chi connectivity index (χ2v) is 7.89. The van der Waals surface area contributed by atoms with Gasteiger partial charge in [-0.3, -0.25) is 9.59 Å². The van der Waals surface area contributed by atoms with Crippen LogP contribution in [-0.2, 0) is 20.7 Å². The average molecular weight is 420 g/mol. The lowest BCUT2D eigenvalue weighted by Gasteiger charge is -2.24. The van der Waals surface area contributed by atoms with Crippen LogP contribution in [0, 0.1) is 19.8 Å². The molecule has 1 aliphatic heterocycles. The number of rotatable bonds is 7. The standard InChI is InChI=1S/C22H26ClNO5/c1-13-7-19(15(3)24(13)14(2)10-27-4)20(25)12-29-22(26)17-8-16-9-18(23)5-6-21(16)28-11-17/h5-7,9,14,17H,8,10-12H2,1-4H3. The molecule has 1 aromatic heterocycles. The molecule has 0 amide bonds. The Bertz CT molecular complexity index is 920. The molecular weight excluding hydrogens is 394 g/mol. The van der Waals surface area contributed by atoms with E-state index in [0.29, 0.717) is 23.6 Å². The van der Waals surface area contributed by atoms with E-state index < -0.39 is 11.9 Å². The normalized spacial score (nSPS) is 16.7. The Morgan fingerprint density at radius 3 is 2.79 bits per heavy atom. The molecule has 0 bridgehead atoms. The molecule has 3 rings (SSSR count). The lowest BCUT2D eigenvalue weighted by molar-refractivity contribution is -0.148. The van der Waals surface area contributed by atoms with E-state index in [9.17, 15) is 9.59 Å². The average Bonchev–Trinajstić information content (AvgIpc) is 2.99. The molecule has 0 radical (unpaired) electrons. The van der Waals surface area contributed by atoms with E-state index >= 15 is 0 Å². The molecule has 7 heteroatoms. The molecule has 0 spiro atoms. The van der Waals surface area contributed by atoms with Crippen molar-refractivity contribution in [2.45, 2.75) is 33.2 Å². The number of ether oxygens (including phenoxy) is 3. The number of methoxy groups -OCH3 is 1. The van der Waals surface area contributed by atoms with Crippen LogP contribution in [-0.4, -0.2) is 43.3 Å². The zero-order chi connectivity index (χ0) is 21.1. The Morgan fingerprint density at radius 2 is 2.07 bits per heavy atom. The molecular formula is C22H26ClNO5. The first-order chi connectivity index (χ1) is 13.8. The molecule has 1 aromatic carbocycles. The van der Waals surface area contributed by atoms with Crippen molar-refractivity contribution in [2.75, 3.05) is 26.9 Å². The van der Waals surface area contributed by atoms with Crippen LogP contribution < -0.4 is 4.74 Å². The van der Waals surface area contributed by atoms with Crippen LogP contribution >= 0.6 is 11.6 Å². The summed E-state index contributed by atoms with van der Waals surface area (Å²) in [4.78, 5) is 25.1. The summed E-state index contributed by atoms with van der Waals surface area (Å²) < 4.78 is 18.2. The highest BCUT2D eigenvalue weighted by atomic mass is 35.5. The third kappa shape index (κ3) is 4.65. The SMILES string of the molecule is COCC(C)n1c(C)cc(C(=O)COC(=O)C2COc3ccc(Cl)cc3C2)c1C. The van der Waals surface area contributed by atoms with Gasteiger partial charge in [-0.05, 0) is 57.0 Å². The van der Waals surface area contributed by atoms with Crippen molar-refractivity contribution in [3.8, 4) is 5.75 Å². The summed E-state index contributed by atoms with van der Waals surface area (Å²) in [5, 5.41) is 0.592. The number of Topliss-reactive ketones (excluding diaryl/α,β-unsaturated/α-hetero) is 1. The van der Waals surface area contributed by atoms with Gasteiger partial charge in [-0.25, -0.2) is 0 Å². The van der Waals surface area contributed by atoms with Gasteiger partial charge in [-0.15, -0.1) is 0 Å². The fourth-order valence-electron chi connectivity index (χ4n) is 3.90. The molecule has 2 atom stereocenters. The molecule has 156 valence electrons. The fraction of sp³-hybridized carbons (Fsp3) is 0.455. The molecule has 2 unspecified atom stereocenters.